The van der Waals surface area contributed by atoms with E-state index in [1.165, 1.54) is 12.1 Å². The summed E-state index contributed by atoms with van der Waals surface area (Å²) in [4.78, 5) is 6.69. The van der Waals surface area contributed by atoms with Gasteiger partial charge in [-0.2, -0.15) is 0 Å². The molecule has 1 fully saturated rings. The van der Waals surface area contributed by atoms with Crippen LogP contribution < -0.4 is 0 Å². The van der Waals surface area contributed by atoms with Crippen molar-refractivity contribution >= 4 is 10.9 Å². The van der Waals surface area contributed by atoms with Gasteiger partial charge in [-0.05, 0) is 24.3 Å². The molecule has 1 saturated heterocycles. The number of methoxy groups -OCH3 is 1. The van der Waals surface area contributed by atoms with E-state index in [0.717, 1.165) is 23.1 Å². The van der Waals surface area contributed by atoms with Crippen LogP contribution in [0.2, 0.25) is 0 Å². The molecular weight excluding hydrogens is 271 g/mol. The quantitative estimate of drug-likeness (QED) is 0.938. The maximum absolute atomic E-state index is 13.2. The first kappa shape index (κ1) is 14.4. The van der Waals surface area contributed by atoms with Gasteiger partial charge in [-0.1, -0.05) is 6.07 Å². The minimum atomic E-state index is -0.363. The Labute approximate surface area is 123 Å². The van der Waals surface area contributed by atoms with Gasteiger partial charge in [0.15, 0.2) is 0 Å². The van der Waals surface area contributed by atoms with Crippen molar-refractivity contribution in [3.8, 4) is 0 Å². The minimum absolute atomic E-state index is 0.0586. The van der Waals surface area contributed by atoms with E-state index in [9.17, 15) is 9.50 Å². The number of nitrogens with zero attached hydrogens (tertiary/aromatic N) is 2. The third-order valence-corrected chi connectivity index (χ3v) is 3.89. The van der Waals surface area contributed by atoms with Gasteiger partial charge in [0.25, 0.3) is 0 Å². The number of halogens is 1. The van der Waals surface area contributed by atoms with E-state index in [-0.39, 0.29) is 18.0 Å². The highest BCUT2D eigenvalue weighted by Gasteiger charge is 2.25. The van der Waals surface area contributed by atoms with Crippen LogP contribution in [0.5, 0.6) is 0 Å². The molecule has 0 radical (unpaired) electrons. The summed E-state index contributed by atoms with van der Waals surface area (Å²) in [6.07, 6.45) is 0.374. The van der Waals surface area contributed by atoms with E-state index >= 15 is 0 Å². The van der Waals surface area contributed by atoms with E-state index in [2.05, 4.69) is 9.88 Å². The van der Waals surface area contributed by atoms with Crippen LogP contribution >= 0.6 is 0 Å². The van der Waals surface area contributed by atoms with Crippen molar-refractivity contribution in [3.05, 3.63) is 41.8 Å². The molecule has 1 N–H and O–H groups in total. The molecule has 1 aliphatic heterocycles. The number of likely N-dealkylation sites (tertiary alicyclic amines) is 1. The van der Waals surface area contributed by atoms with Crippen LogP contribution in [0.4, 0.5) is 4.39 Å². The van der Waals surface area contributed by atoms with Gasteiger partial charge in [0.1, 0.15) is 5.82 Å². The standard InChI is InChI=1S/C16H19FN2O2/c1-21-15-7-14(20)9-19(10-15)8-13-4-2-11-6-12(17)3-5-16(11)18-13/h2-6,14-15,20H,7-10H2,1H3. The zero-order chi connectivity index (χ0) is 14.8. The fourth-order valence-electron chi connectivity index (χ4n) is 2.87. The van der Waals surface area contributed by atoms with Crippen molar-refractivity contribution in [2.75, 3.05) is 20.2 Å². The largest absolute Gasteiger partial charge is 0.392 e. The Morgan fingerprint density at radius 1 is 1.33 bits per heavy atom. The van der Waals surface area contributed by atoms with Crippen LogP contribution in [-0.4, -0.2) is 47.4 Å². The van der Waals surface area contributed by atoms with E-state index in [1.807, 2.05) is 12.1 Å². The molecule has 1 aromatic carbocycles. The Hall–Kier alpha value is -1.56. The predicted octanol–water partition coefficient (Wildman–Crippen LogP) is 1.96. The molecule has 2 aromatic rings. The fourth-order valence-corrected chi connectivity index (χ4v) is 2.87. The van der Waals surface area contributed by atoms with E-state index < -0.39 is 0 Å². The first-order valence-corrected chi connectivity index (χ1v) is 7.12. The topological polar surface area (TPSA) is 45.6 Å². The first-order valence-electron chi connectivity index (χ1n) is 7.12. The zero-order valence-electron chi connectivity index (χ0n) is 12.0. The highest BCUT2D eigenvalue weighted by molar-refractivity contribution is 5.78. The number of aliphatic hydroxyl groups is 1. The summed E-state index contributed by atoms with van der Waals surface area (Å²) in [5.41, 5.74) is 1.70. The Morgan fingerprint density at radius 2 is 2.19 bits per heavy atom. The van der Waals surface area contributed by atoms with Crippen molar-refractivity contribution in [3.63, 3.8) is 0 Å². The van der Waals surface area contributed by atoms with Crippen LogP contribution in [0.1, 0.15) is 12.1 Å². The van der Waals surface area contributed by atoms with Gasteiger partial charge in [0.05, 0.1) is 23.4 Å². The SMILES string of the molecule is COC1CC(O)CN(Cc2ccc3cc(F)ccc3n2)C1. The molecule has 0 saturated carbocycles. The third-order valence-electron chi connectivity index (χ3n) is 3.89. The van der Waals surface area contributed by atoms with Gasteiger partial charge >= 0.3 is 0 Å². The van der Waals surface area contributed by atoms with Gasteiger partial charge < -0.3 is 9.84 Å². The minimum Gasteiger partial charge on any atom is -0.392 e. The molecule has 1 aromatic heterocycles. The Bertz CT molecular complexity index is 635. The Kier molecular flexibility index (Phi) is 4.14. The Balaban J connectivity index is 1.76. The van der Waals surface area contributed by atoms with E-state index in [1.54, 1.807) is 13.2 Å². The molecular formula is C16H19FN2O2. The lowest BCUT2D eigenvalue weighted by Crippen LogP contribution is -2.45. The molecule has 4 nitrogen and oxygen atoms in total. The third kappa shape index (κ3) is 3.37. The van der Waals surface area contributed by atoms with Crippen molar-refractivity contribution in [1.29, 1.82) is 0 Å². The molecule has 2 heterocycles. The Morgan fingerprint density at radius 3 is 3.00 bits per heavy atom. The average molecular weight is 290 g/mol. The summed E-state index contributed by atoms with van der Waals surface area (Å²) in [6, 6.07) is 8.39. The van der Waals surface area contributed by atoms with Crippen LogP contribution in [0.15, 0.2) is 30.3 Å². The zero-order valence-corrected chi connectivity index (χ0v) is 12.0. The van der Waals surface area contributed by atoms with Gasteiger partial charge in [0.2, 0.25) is 0 Å². The summed E-state index contributed by atoms with van der Waals surface area (Å²) in [5, 5.41) is 10.7. The smallest absolute Gasteiger partial charge is 0.123 e. The molecule has 2 atom stereocenters. The number of hydrogen-bond donors (Lipinski definition) is 1. The molecule has 3 rings (SSSR count). The van der Waals surface area contributed by atoms with Gasteiger partial charge in [-0.25, -0.2) is 4.39 Å². The summed E-state index contributed by atoms with van der Waals surface area (Å²) in [6.45, 7) is 2.07. The van der Waals surface area contributed by atoms with Crippen molar-refractivity contribution in [1.82, 2.24) is 9.88 Å². The number of benzene rings is 1. The number of ether oxygens (including phenoxy) is 1. The van der Waals surface area contributed by atoms with Crippen molar-refractivity contribution in [2.24, 2.45) is 0 Å². The lowest BCUT2D eigenvalue weighted by Gasteiger charge is -2.34. The number of aromatic nitrogens is 1. The van der Waals surface area contributed by atoms with Crippen LogP contribution in [0.25, 0.3) is 10.9 Å². The normalized spacial score (nSPS) is 23.6. The van der Waals surface area contributed by atoms with E-state index in [4.69, 9.17) is 4.74 Å². The second kappa shape index (κ2) is 6.05. The van der Waals surface area contributed by atoms with Crippen LogP contribution in [0.3, 0.4) is 0 Å². The monoisotopic (exact) mass is 290 g/mol. The highest BCUT2D eigenvalue weighted by atomic mass is 19.1. The van der Waals surface area contributed by atoms with Crippen molar-refractivity contribution < 1.29 is 14.2 Å². The molecule has 0 amide bonds. The molecule has 112 valence electrons. The molecule has 1 aliphatic rings. The van der Waals surface area contributed by atoms with Gasteiger partial charge in [-0.15, -0.1) is 0 Å². The average Bonchev–Trinajstić information content (AvgIpc) is 2.47. The molecule has 5 heteroatoms. The number of aliphatic hydroxyl groups excluding tert-OH is 1. The second-order valence-corrected chi connectivity index (χ2v) is 5.58. The summed E-state index contributed by atoms with van der Waals surface area (Å²) in [5.74, 6) is -0.251. The van der Waals surface area contributed by atoms with Crippen molar-refractivity contribution in [2.45, 2.75) is 25.2 Å². The molecule has 2 unspecified atom stereocenters. The number of piperidine rings is 1. The summed E-state index contributed by atoms with van der Waals surface area (Å²) >= 11 is 0. The molecule has 0 aliphatic carbocycles. The van der Waals surface area contributed by atoms with Gasteiger partial charge in [0, 0.05) is 38.6 Å². The first-order chi connectivity index (χ1) is 10.1. The van der Waals surface area contributed by atoms with Gasteiger partial charge in [-0.3, -0.25) is 9.88 Å². The maximum atomic E-state index is 13.2. The summed E-state index contributed by atoms with van der Waals surface area (Å²) < 4.78 is 18.5. The molecule has 21 heavy (non-hydrogen) atoms. The summed E-state index contributed by atoms with van der Waals surface area (Å²) in [7, 11) is 1.67. The lowest BCUT2D eigenvalue weighted by molar-refractivity contribution is -0.0318. The number of β-amino-alcohol motifs (C(OH)–C–C–N with tert-alkyl or cyclic N) is 1. The highest BCUT2D eigenvalue weighted by Crippen LogP contribution is 2.18. The maximum Gasteiger partial charge on any atom is 0.123 e. The molecule has 0 bridgehead atoms. The second-order valence-electron chi connectivity index (χ2n) is 5.58. The fraction of sp³-hybridized carbons (Fsp3) is 0.438. The van der Waals surface area contributed by atoms with E-state index in [0.29, 0.717) is 19.5 Å². The number of hydrogen-bond acceptors (Lipinski definition) is 4. The number of fused-ring (bicyclic) bond motifs is 1. The van der Waals surface area contributed by atoms with Crippen LogP contribution in [0, 0.1) is 5.82 Å². The molecule has 0 spiro atoms. The predicted molar refractivity (Wildman–Crippen MR) is 78.4 cm³/mol. The number of rotatable bonds is 3. The van der Waals surface area contributed by atoms with Crippen LogP contribution in [-0.2, 0) is 11.3 Å². The lowest BCUT2D eigenvalue weighted by atomic mass is 10.1. The number of pyridine rings is 1.